The lowest BCUT2D eigenvalue weighted by Crippen LogP contribution is -2.16. The maximum Gasteiger partial charge on any atom is 0.180 e. The zero-order valence-electron chi connectivity index (χ0n) is 11.8. The largest absolute Gasteiger partial charge is 0.367 e. The molecule has 0 bridgehead atoms. The minimum Gasteiger partial charge on any atom is -0.367 e. The monoisotopic (exact) mass is 336 g/mol. The average molecular weight is 337 g/mol. The van der Waals surface area contributed by atoms with Crippen LogP contribution in [0.15, 0.2) is 23.2 Å². The molecule has 0 spiro atoms. The average Bonchev–Trinajstić information content (AvgIpc) is 2.89. The highest BCUT2D eigenvalue weighted by Crippen LogP contribution is 2.30. The van der Waals surface area contributed by atoms with E-state index in [1.165, 1.54) is 32.1 Å². The number of hydrogen-bond donors (Lipinski definition) is 1. The van der Waals surface area contributed by atoms with Gasteiger partial charge in [-0.1, -0.05) is 32.6 Å². The van der Waals surface area contributed by atoms with Crippen LogP contribution < -0.4 is 5.32 Å². The lowest BCUT2D eigenvalue weighted by Gasteiger charge is -2.26. The minimum atomic E-state index is 0.831. The standard InChI is InChI=1S/C15H21BrN4/c1-11-2-4-12(5-3-11)6-7-17-14-15-18-8-9-20(15)10-13(16)19-14/h8-12H,2-7H2,1H3,(H,17,19). The molecule has 1 N–H and O–H groups in total. The Morgan fingerprint density at radius 2 is 2.15 bits per heavy atom. The van der Waals surface area contributed by atoms with Crippen molar-refractivity contribution >= 4 is 27.4 Å². The molecule has 1 saturated carbocycles. The van der Waals surface area contributed by atoms with Crippen molar-refractivity contribution in [3.8, 4) is 0 Å². The Bertz CT molecular complexity index is 572. The molecule has 1 aliphatic rings. The molecule has 1 fully saturated rings. The maximum absolute atomic E-state index is 4.49. The highest BCUT2D eigenvalue weighted by molar-refractivity contribution is 9.10. The van der Waals surface area contributed by atoms with E-state index in [9.17, 15) is 0 Å². The van der Waals surface area contributed by atoms with Crippen LogP contribution in [0.25, 0.3) is 5.65 Å². The zero-order valence-corrected chi connectivity index (χ0v) is 13.4. The highest BCUT2D eigenvalue weighted by Gasteiger charge is 2.17. The minimum absolute atomic E-state index is 0.831. The zero-order chi connectivity index (χ0) is 13.9. The van der Waals surface area contributed by atoms with Gasteiger partial charge in [-0.25, -0.2) is 9.97 Å². The van der Waals surface area contributed by atoms with Crippen LogP contribution in [-0.4, -0.2) is 20.9 Å². The topological polar surface area (TPSA) is 42.2 Å². The molecule has 0 aromatic carbocycles. The van der Waals surface area contributed by atoms with Gasteiger partial charge in [-0.2, -0.15) is 0 Å². The van der Waals surface area contributed by atoms with Crippen LogP contribution in [0.3, 0.4) is 0 Å². The van der Waals surface area contributed by atoms with E-state index in [0.717, 1.165) is 34.4 Å². The quantitative estimate of drug-likeness (QED) is 0.913. The Morgan fingerprint density at radius 1 is 1.35 bits per heavy atom. The van der Waals surface area contributed by atoms with Crippen LogP contribution >= 0.6 is 15.9 Å². The Morgan fingerprint density at radius 3 is 2.95 bits per heavy atom. The molecule has 2 heterocycles. The Labute approximate surface area is 128 Å². The summed E-state index contributed by atoms with van der Waals surface area (Å²) < 4.78 is 2.82. The van der Waals surface area contributed by atoms with E-state index in [4.69, 9.17) is 0 Å². The van der Waals surface area contributed by atoms with E-state index in [0.29, 0.717) is 0 Å². The van der Waals surface area contributed by atoms with Crippen molar-refractivity contribution in [2.45, 2.75) is 39.0 Å². The van der Waals surface area contributed by atoms with Gasteiger partial charge in [0.2, 0.25) is 0 Å². The van der Waals surface area contributed by atoms with Gasteiger partial charge < -0.3 is 9.72 Å². The van der Waals surface area contributed by atoms with Crippen molar-refractivity contribution < 1.29 is 0 Å². The number of imidazole rings is 1. The second-order valence-electron chi connectivity index (χ2n) is 5.91. The van der Waals surface area contributed by atoms with E-state index >= 15 is 0 Å². The fourth-order valence-electron chi connectivity index (χ4n) is 3.03. The Hall–Kier alpha value is -1.10. The first-order valence-electron chi connectivity index (χ1n) is 7.45. The van der Waals surface area contributed by atoms with E-state index in [1.807, 2.05) is 16.8 Å². The van der Waals surface area contributed by atoms with Gasteiger partial charge in [-0.15, -0.1) is 0 Å². The van der Waals surface area contributed by atoms with Gasteiger partial charge in [0, 0.05) is 25.1 Å². The molecule has 5 heteroatoms. The molecule has 20 heavy (non-hydrogen) atoms. The van der Waals surface area contributed by atoms with Gasteiger partial charge in [-0.3, -0.25) is 0 Å². The summed E-state index contributed by atoms with van der Waals surface area (Å²) in [4.78, 5) is 8.84. The molecule has 1 aliphatic carbocycles. The molecule has 0 saturated heterocycles. The number of aromatic nitrogens is 3. The summed E-state index contributed by atoms with van der Waals surface area (Å²) in [6, 6.07) is 0. The van der Waals surface area contributed by atoms with Gasteiger partial charge in [0.05, 0.1) is 0 Å². The molecule has 4 nitrogen and oxygen atoms in total. The molecule has 0 radical (unpaired) electrons. The van der Waals surface area contributed by atoms with Gasteiger partial charge >= 0.3 is 0 Å². The number of rotatable bonds is 4. The molecule has 3 rings (SSSR count). The number of hydrogen-bond acceptors (Lipinski definition) is 3. The van der Waals surface area contributed by atoms with Crippen LogP contribution in [0.2, 0.25) is 0 Å². The van der Waals surface area contributed by atoms with E-state index in [-0.39, 0.29) is 0 Å². The number of fused-ring (bicyclic) bond motifs is 1. The van der Waals surface area contributed by atoms with Crippen molar-refractivity contribution in [2.75, 3.05) is 11.9 Å². The third-order valence-corrected chi connectivity index (χ3v) is 4.71. The molecule has 2 aromatic rings. The molecule has 0 unspecified atom stereocenters. The van der Waals surface area contributed by atoms with Crippen molar-refractivity contribution in [2.24, 2.45) is 11.8 Å². The second-order valence-corrected chi connectivity index (χ2v) is 6.72. The number of halogens is 1. The Kier molecular flexibility index (Phi) is 4.24. The van der Waals surface area contributed by atoms with Crippen LogP contribution in [0, 0.1) is 11.8 Å². The summed E-state index contributed by atoms with van der Waals surface area (Å²) >= 11 is 3.44. The van der Waals surface area contributed by atoms with Crippen molar-refractivity contribution in [1.82, 2.24) is 14.4 Å². The van der Waals surface area contributed by atoms with Crippen LogP contribution in [0.1, 0.15) is 39.0 Å². The van der Waals surface area contributed by atoms with E-state index < -0.39 is 0 Å². The summed E-state index contributed by atoms with van der Waals surface area (Å²) in [5.41, 5.74) is 0.894. The molecule has 2 aromatic heterocycles. The second kappa shape index (κ2) is 6.12. The molecular formula is C15H21BrN4. The predicted octanol–water partition coefficient (Wildman–Crippen LogP) is 4.12. The van der Waals surface area contributed by atoms with Crippen molar-refractivity contribution in [3.63, 3.8) is 0 Å². The van der Waals surface area contributed by atoms with Crippen molar-refractivity contribution in [3.05, 3.63) is 23.2 Å². The van der Waals surface area contributed by atoms with Crippen LogP contribution in [0.4, 0.5) is 5.82 Å². The predicted molar refractivity (Wildman–Crippen MR) is 84.9 cm³/mol. The number of nitrogens with one attached hydrogen (secondary N) is 1. The van der Waals surface area contributed by atoms with Crippen molar-refractivity contribution in [1.29, 1.82) is 0 Å². The third-order valence-electron chi connectivity index (χ3n) is 4.33. The van der Waals surface area contributed by atoms with Crippen LogP contribution in [0.5, 0.6) is 0 Å². The summed E-state index contributed by atoms with van der Waals surface area (Å²) in [6.45, 7) is 3.35. The molecule has 0 atom stereocenters. The first-order chi connectivity index (χ1) is 9.72. The lowest BCUT2D eigenvalue weighted by molar-refractivity contribution is 0.282. The SMILES string of the molecule is CC1CCC(CCNc2nc(Br)cn3ccnc23)CC1. The number of anilines is 1. The molecular weight excluding hydrogens is 316 g/mol. The highest BCUT2D eigenvalue weighted by atomic mass is 79.9. The maximum atomic E-state index is 4.49. The van der Waals surface area contributed by atoms with Gasteiger partial charge in [0.1, 0.15) is 4.60 Å². The fourth-order valence-corrected chi connectivity index (χ4v) is 3.43. The molecule has 108 valence electrons. The molecule has 0 amide bonds. The fraction of sp³-hybridized carbons (Fsp3) is 0.600. The lowest BCUT2D eigenvalue weighted by atomic mass is 9.81. The normalized spacial score (nSPS) is 23.1. The van der Waals surface area contributed by atoms with Gasteiger partial charge in [-0.05, 0) is 34.2 Å². The van der Waals surface area contributed by atoms with Gasteiger partial charge in [0.25, 0.3) is 0 Å². The Balaban J connectivity index is 1.58. The first-order valence-corrected chi connectivity index (χ1v) is 8.25. The van der Waals surface area contributed by atoms with E-state index in [1.54, 1.807) is 6.20 Å². The summed E-state index contributed by atoms with van der Waals surface area (Å²) in [5, 5.41) is 3.45. The first kappa shape index (κ1) is 13.9. The summed E-state index contributed by atoms with van der Waals surface area (Å²) in [5.74, 6) is 2.67. The van der Waals surface area contributed by atoms with Crippen LogP contribution in [-0.2, 0) is 0 Å². The molecule has 0 aliphatic heterocycles. The summed E-state index contributed by atoms with van der Waals surface area (Å²) in [7, 11) is 0. The van der Waals surface area contributed by atoms with E-state index in [2.05, 4.69) is 38.1 Å². The smallest absolute Gasteiger partial charge is 0.180 e. The van der Waals surface area contributed by atoms with Gasteiger partial charge in [0.15, 0.2) is 11.5 Å². The number of nitrogens with zero attached hydrogens (tertiary/aromatic N) is 3. The summed E-state index contributed by atoms with van der Waals surface area (Å²) in [6.07, 6.45) is 12.5. The third kappa shape index (κ3) is 3.14.